The van der Waals surface area contributed by atoms with Gasteiger partial charge in [-0.3, -0.25) is 4.79 Å². The summed E-state index contributed by atoms with van der Waals surface area (Å²) in [6, 6.07) is 0. The third-order valence-electron chi connectivity index (χ3n) is 2.47. The summed E-state index contributed by atoms with van der Waals surface area (Å²) in [4.78, 5) is 10.5. The smallest absolute Gasteiger partial charge is 0.306 e. The Hall–Kier alpha value is -0.620. The molecular weight excluding hydrogens is 218 g/mol. The second kappa shape index (κ2) is 4.94. The third-order valence-corrected chi connectivity index (χ3v) is 4.03. The molecule has 0 aromatic carbocycles. The molecule has 1 saturated carbocycles. The van der Waals surface area contributed by atoms with Crippen molar-refractivity contribution in [3.05, 3.63) is 0 Å². The molecule has 1 unspecified atom stereocenters. The van der Waals surface area contributed by atoms with Crippen molar-refractivity contribution in [2.75, 3.05) is 12.3 Å². The van der Waals surface area contributed by atoms with Gasteiger partial charge < -0.3 is 5.11 Å². The van der Waals surface area contributed by atoms with Crippen molar-refractivity contribution in [3.8, 4) is 0 Å². The standard InChI is InChI=1S/C9H17NO4S/c1-7(9(11)12)4-5-10-15(13,14)6-8-2-3-8/h7-8,10H,2-6H2,1H3,(H,11,12). The minimum atomic E-state index is -3.18. The highest BCUT2D eigenvalue weighted by molar-refractivity contribution is 7.89. The molecule has 0 heterocycles. The lowest BCUT2D eigenvalue weighted by Crippen LogP contribution is -2.29. The van der Waals surface area contributed by atoms with Crippen LogP contribution < -0.4 is 4.72 Å². The zero-order chi connectivity index (χ0) is 11.5. The third kappa shape index (κ3) is 5.13. The second-order valence-electron chi connectivity index (χ2n) is 4.15. The van der Waals surface area contributed by atoms with Crippen molar-refractivity contribution in [2.45, 2.75) is 26.2 Å². The van der Waals surface area contributed by atoms with Gasteiger partial charge in [0, 0.05) is 6.54 Å². The molecule has 1 atom stereocenters. The monoisotopic (exact) mass is 235 g/mol. The van der Waals surface area contributed by atoms with Crippen molar-refractivity contribution < 1.29 is 18.3 Å². The van der Waals surface area contributed by atoms with E-state index in [9.17, 15) is 13.2 Å². The molecule has 88 valence electrons. The lowest BCUT2D eigenvalue weighted by Gasteiger charge is -2.08. The van der Waals surface area contributed by atoms with Crippen molar-refractivity contribution in [1.29, 1.82) is 0 Å². The normalized spacial score (nSPS) is 18.7. The number of nitrogens with one attached hydrogen (secondary N) is 1. The van der Waals surface area contributed by atoms with E-state index in [1.807, 2.05) is 0 Å². The first-order valence-corrected chi connectivity index (χ1v) is 6.76. The maximum Gasteiger partial charge on any atom is 0.306 e. The van der Waals surface area contributed by atoms with Crippen LogP contribution in [-0.4, -0.2) is 31.8 Å². The van der Waals surface area contributed by atoms with E-state index in [2.05, 4.69) is 4.72 Å². The molecule has 1 aliphatic rings. The fourth-order valence-electron chi connectivity index (χ4n) is 1.21. The zero-order valence-electron chi connectivity index (χ0n) is 8.77. The number of sulfonamides is 1. The summed E-state index contributed by atoms with van der Waals surface area (Å²) in [5, 5.41) is 8.59. The Labute approximate surface area is 89.9 Å². The minimum Gasteiger partial charge on any atom is -0.481 e. The van der Waals surface area contributed by atoms with Gasteiger partial charge in [0.05, 0.1) is 11.7 Å². The molecule has 0 amide bonds. The Kier molecular flexibility index (Phi) is 4.10. The van der Waals surface area contributed by atoms with Crippen LogP contribution in [0.2, 0.25) is 0 Å². The molecule has 0 aromatic rings. The second-order valence-corrected chi connectivity index (χ2v) is 6.00. The summed E-state index contributed by atoms with van der Waals surface area (Å²) in [5.74, 6) is -0.890. The quantitative estimate of drug-likeness (QED) is 0.670. The molecule has 0 spiro atoms. The number of rotatable bonds is 7. The van der Waals surface area contributed by atoms with Crippen LogP contribution in [0.5, 0.6) is 0 Å². The van der Waals surface area contributed by atoms with Crippen LogP contribution in [0.15, 0.2) is 0 Å². The Morgan fingerprint density at radius 2 is 2.13 bits per heavy atom. The molecule has 5 nitrogen and oxygen atoms in total. The van der Waals surface area contributed by atoms with Crippen molar-refractivity contribution in [3.63, 3.8) is 0 Å². The summed E-state index contributed by atoms with van der Waals surface area (Å²) < 4.78 is 25.2. The van der Waals surface area contributed by atoms with E-state index in [1.165, 1.54) is 0 Å². The number of hydrogen-bond donors (Lipinski definition) is 2. The number of carbonyl (C=O) groups is 1. The van der Waals surface area contributed by atoms with Gasteiger partial charge in [0.1, 0.15) is 0 Å². The predicted octanol–water partition coefficient (Wildman–Crippen LogP) is 0.427. The molecule has 6 heteroatoms. The molecule has 1 fully saturated rings. The molecule has 0 aromatic heterocycles. The van der Waals surface area contributed by atoms with Gasteiger partial charge >= 0.3 is 5.97 Å². The zero-order valence-corrected chi connectivity index (χ0v) is 9.59. The highest BCUT2D eigenvalue weighted by Crippen LogP contribution is 2.29. The van der Waals surface area contributed by atoms with Gasteiger partial charge in [0.2, 0.25) is 10.0 Å². The van der Waals surface area contributed by atoms with Crippen LogP contribution >= 0.6 is 0 Å². The van der Waals surface area contributed by atoms with E-state index in [4.69, 9.17) is 5.11 Å². The minimum absolute atomic E-state index is 0.189. The number of hydrogen-bond acceptors (Lipinski definition) is 3. The van der Waals surface area contributed by atoms with Gasteiger partial charge in [-0.1, -0.05) is 6.92 Å². The lowest BCUT2D eigenvalue weighted by molar-refractivity contribution is -0.141. The van der Waals surface area contributed by atoms with Crippen LogP contribution in [0.3, 0.4) is 0 Å². The fraction of sp³-hybridized carbons (Fsp3) is 0.889. The van der Waals surface area contributed by atoms with Crippen molar-refractivity contribution in [1.82, 2.24) is 4.72 Å². The molecule has 0 bridgehead atoms. The Morgan fingerprint density at radius 1 is 1.53 bits per heavy atom. The van der Waals surface area contributed by atoms with Crippen molar-refractivity contribution in [2.24, 2.45) is 11.8 Å². The van der Waals surface area contributed by atoms with Gasteiger partial charge in [-0.25, -0.2) is 13.1 Å². The maximum absolute atomic E-state index is 11.4. The van der Waals surface area contributed by atoms with Gasteiger partial charge in [0.15, 0.2) is 0 Å². The van der Waals surface area contributed by atoms with Gasteiger partial charge in [-0.15, -0.1) is 0 Å². The molecular formula is C9H17NO4S. The summed E-state index contributed by atoms with van der Waals surface area (Å²) in [6.45, 7) is 1.78. The van der Waals surface area contributed by atoms with Crippen LogP contribution in [0.25, 0.3) is 0 Å². The van der Waals surface area contributed by atoms with E-state index in [1.54, 1.807) is 6.92 Å². The molecule has 0 radical (unpaired) electrons. The Balaban J connectivity index is 2.20. The van der Waals surface area contributed by atoms with E-state index in [0.717, 1.165) is 12.8 Å². The summed E-state index contributed by atoms with van der Waals surface area (Å²) in [6.07, 6.45) is 2.32. The Morgan fingerprint density at radius 3 is 2.60 bits per heavy atom. The SMILES string of the molecule is CC(CCNS(=O)(=O)CC1CC1)C(=O)O. The highest BCUT2D eigenvalue weighted by atomic mass is 32.2. The highest BCUT2D eigenvalue weighted by Gasteiger charge is 2.27. The van der Waals surface area contributed by atoms with Crippen LogP contribution in [0.1, 0.15) is 26.2 Å². The summed E-state index contributed by atoms with van der Waals surface area (Å²) >= 11 is 0. The molecule has 1 rings (SSSR count). The van der Waals surface area contributed by atoms with Crippen molar-refractivity contribution >= 4 is 16.0 Å². The maximum atomic E-state index is 11.4. The Bertz CT molecular complexity index is 321. The number of carboxylic acids is 1. The van der Waals surface area contributed by atoms with Gasteiger partial charge in [-0.2, -0.15) is 0 Å². The van der Waals surface area contributed by atoms with Gasteiger partial charge in [0.25, 0.3) is 0 Å². The first-order chi connectivity index (χ1) is 6.91. The first kappa shape index (κ1) is 12.4. The largest absolute Gasteiger partial charge is 0.481 e. The van der Waals surface area contributed by atoms with E-state index in [-0.39, 0.29) is 12.3 Å². The molecule has 0 aliphatic heterocycles. The molecule has 0 saturated heterocycles. The summed E-state index contributed by atoms with van der Waals surface area (Å²) in [5.41, 5.74) is 0. The summed E-state index contributed by atoms with van der Waals surface area (Å²) in [7, 11) is -3.18. The van der Waals surface area contributed by atoms with Crippen LogP contribution in [0.4, 0.5) is 0 Å². The average molecular weight is 235 g/mol. The van der Waals surface area contributed by atoms with E-state index in [0.29, 0.717) is 12.3 Å². The van der Waals surface area contributed by atoms with Gasteiger partial charge in [-0.05, 0) is 25.2 Å². The fourth-order valence-corrected chi connectivity index (χ4v) is 2.71. The average Bonchev–Trinajstić information content (AvgIpc) is 2.86. The molecule has 15 heavy (non-hydrogen) atoms. The molecule has 1 aliphatic carbocycles. The number of carboxylic acid groups (broad SMARTS) is 1. The predicted molar refractivity (Wildman–Crippen MR) is 55.9 cm³/mol. The van der Waals surface area contributed by atoms with Crippen LogP contribution in [0, 0.1) is 11.8 Å². The number of aliphatic carboxylic acids is 1. The molecule has 2 N–H and O–H groups in total. The topological polar surface area (TPSA) is 83.5 Å². The van der Waals surface area contributed by atoms with Crippen LogP contribution in [-0.2, 0) is 14.8 Å². The van der Waals surface area contributed by atoms with E-state index >= 15 is 0 Å². The first-order valence-electron chi connectivity index (χ1n) is 5.11. The lowest BCUT2D eigenvalue weighted by atomic mass is 10.1. The van der Waals surface area contributed by atoms with E-state index < -0.39 is 21.9 Å².